The fraction of sp³-hybridized carbons (Fsp3) is 0.333. The Morgan fingerprint density at radius 3 is 2.00 bits per heavy atom. The largest absolute Gasteiger partial charge is 0.167 e. The van der Waals surface area contributed by atoms with Gasteiger partial charge in [-0.1, -0.05) is 31.4 Å². The molecule has 0 unspecified atom stereocenters. The Bertz CT molecular complexity index is 114. The smallest absolute Gasteiger partial charge is 0.147 e. The van der Waals surface area contributed by atoms with E-state index in [0.717, 1.165) is 6.71 Å². The molecule has 56 valence electrons. The normalized spacial score (nSPS) is 12.7. The molecule has 0 radical (unpaired) electrons. The molecule has 0 nitrogen and oxygen atoms in total. The van der Waals surface area contributed by atoms with Crippen molar-refractivity contribution in [3.63, 3.8) is 0 Å². The van der Waals surface area contributed by atoms with Crippen molar-refractivity contribution in [2.75, 3.05) is 0 Å². The standard InChI is InChI=1S/C6H9B.2ClH.Zr/c1-7-5-3-2-4-6-7;;;/h2-5H,6H2,1H3;2*1H;. The summed E-state index contributed by atoms with van der Waals surface area (Å²) in [6.45, 7) is 2.99. The van der Waals surface area contributed by atoms with Crippen LogP contribution in [0.15, 0.2) is 24.2 Å². The molecular formula is C6H11BCl2Zr. The van der Waals surface area contributed by atoms with E-state index in [2.05, 4.69) is 31.0 Å². The number of allylic oxidation sites excluding steroid dienone is 3. The van der Waals surface area contributed by atoms with Gasteiger partial charge in [-0.05, 0) is 0 Å². The summed E-state index contributed by atoms with van der Waals surface area (Å²) in [5, 5.41) is 0. The third-order valence-electron chi connectivity index (χ3n) is 1.19. The molecule has 0 amide bonds. The Morgan fingerprint density at radius 1 is 1.20 bits per heavy atom. The minimum atomic E-state index is 0. The molecule has 0 spiro atoms. The van der Waals surface area contributed by atoms with Crippen LogP contribution in [0.2, 0.25) is 13.1 Å². The topological polar surface area (TPSA) is 0 Å². The number of hydrogen-bond acceptors (Lipinski definition) is 0. The summed E-state index contributed by atoms with van der Waals surface area (Å²) in [7, 11) is 0. The molecular weight excluding hydrogens is 245 g/mol. The summed E-state index contributed by atoms with van der Waals surface area (Å²) in [6, 6.07) is 0. The van der Waals surface area contributed by atoms with Gasteiger partial charge in [-0.2, -0.15) is 0 Å². The molecule has 0 bridgehead atoms. The second-order valence-electron chi connectivity index (χ2n) is 2.03. The minimum absolute atomic E-state index is 0. The van der Waals surface area contributed by atoms with E-state index in [-0.39, 0.29) is 51.0 Å². The Kier molecular flexibility index (Phi) is 17.2. The number of rotatable bonds is 0. The molecule has 0 N–H and O–H groups in total. The van der Waals surface area contributed by atoms with Crippen LogP contribution in [-0.4, -0.2) is 6.71 Å². The predicted molar refractivity (Wildman–Crippen MR) is 49.2 cm³/mol. The zero-order valence-corrected chi connectivity index (χ0v) is 10.0. The van der Waals surface area contributed by atoms with Crippen molar-refractivity contribution in [3.05, 3.63) is 24.2 Å². The summed E-state index contributed by atoms with van der Waals surface area (Å²) in [5.74, 6) is 2.22. The van der Waals surface area contributed by atoms with E-state index in [1.165, 1.54) is 6.32 Å². The Labute approximate surface area is 94.6 Å². The first kappa shape index (κ1) is 17.2. The molecule has 0 saturated carbocycles. The maximum absolute atomic E-state index is 2.22. The van der Waals surface area contributed by atoms with Crippen LogP contribution in [0.3, 0.4) is 0 Å². The van der Waals surface area contributed by atoms with Crippen LogP contribution < -0.4 is 0 Å². The Hall–Kier alpha value is 1.01. The summed E-state index contributed by atoms with van der Waals surface area (Å²) in [5.41, 5.74) is 0. The van der Waals surface area contributed by atoms with Crippen LogP contribution in [0.4, 0.5) is 0 Å². The predicted octanol–water partition coefficient (Wildman–Crippen LogP) is 2.62. The molecule has 0 aromatic carbocycles. The first-order valence-corrected chi connectivity index (χ1v) is 2.73. The van der Waals surface area contributed by atoms with E-state index in [1.54, 1.807) is 0 Å². The van der Waals surface area contributed by atoms with Crippen LogP contribution in [0, 0.1) is 0 Å². The van der Waals surface area contributed by atoms with Crippen LogP contribution in [0.25, 0.3) is 0 Å². The molecule has 0 saturated heterocycles. The summed E-state index contributed by atoms with van der Waals surface area (Å²) in [4.78, 5) is 0. The van der Waals surface area contributed by atoms with Crippen molar-refractivity contribution < 1.29 is 26.2 Å². The third-order valence-corrected chi connectivity index (χ3v) is 1.19. The van der Waals surface area contributed by atoms with Gasteiger partial charge >= 0.3 is 0 Å². The van der Waals surface area contributed by atoms with Crippen LogP contribution in [0.5, 0.6) is 0 Å². The first-order valence-electron chi connectivity index (χ1n) is 2.73. The van der Waals surface area contributed by atoms with Crippen molar-refractivity contribution >= 4 is 31.5 Å². The van der Waals surface area contributed by atoms with E-state index in [4.69, 9.17) is 0 Å². The van der Waals surface area contributed by atoms with Crippen molar-refractivity contribution in [1.29, 1.82) is 0 Å². The van der Waals surface area contributed by atoms with Crippen LogP contribution >= 0.6 is 24.8 Å². The van der Waals surface area contributed by atoms with Gasteiger partial charge in [-0.25, -0.2) is 0 Å². The van der Waals surface area contributed by atoms with E-state index in [9.17, 15) is 0 Å². The van der Waals surface area contributed by atoms with Gasteiger partial charge in [-0.15, -0.1) is 30.8 Å². The molecule has 0 aromatic rings. The molecule has 0 aliphatic carbocycles. The van der Waals surface area contributed by atoms with Gasteiger partial charge in [-0.3, -0.25) is 0 Å². The quantitative estimate of drug-likeness (QED) is 0.584. The van der Waals surface area contributed by atoms with Gasteiger partial charge in [0.25, 0.3) is 0 Å². The zero-order chi connectivity index (χ0) is 5.11. The van der Waals surface area contributed by atoms with Gasteiger partial charge in [0.1, 0.15) is 0 Å². The molecule has 0 fully saturated rings. The summed E-state index contributed by atoms with van der Waals surface area (Å²) >= 11 is 0. The fourth-order valence-electron chi connectivity index (χ4n) is 0.704. The van der Waals surface area contributed by atoms with Gasteiger partial charge in [0, 0.05) is 26.2 Å². The zero-order valence-electron chi connectivity index (χ0n) is 5.91. The second-order valence-corrected chi connectivity index (χ2v) is 2.03. The van der Waals surface area contributed by atoms with Crippen molar-refractivity contribution in [3.8, 4) is 0 Å². The van der Waals surface area contributed by atoms with Gasteiger partial charge < -0.3 is 0 Å². The van der Waals surface area contributed by atoms with E-state index in [0.29, 0.717) is 0 Å². The van der Waals surface area contributed by atoms with Gasteiger partial charge in [0.15, 0.2) is 6.71 Å². The fourth-order valence-corrected chi connectivity index (χ4v) is 0.704. The first-order chi connectivity index (χ1) is 3.39. The molecule has 0 aromatic heterocycles. The van der Waals surface area contributed by atoms with Crippen LogP contribution in [-0.2, 0) is 26.2 Å². The van der Waals surface area contributed by atoms with E-state index >= 15 is 0 Å². The molecule has 10 heavy (non-hydrogen) atoms. The van der Waals surface area contributed by atoms with E-state index in [1.807, 2.05) is 0 Å². The minimum Gasteiger partial charge on any atom is -0.147 e. The maximum atomic E-state index is 2.22. The van der Waals surface area contributed by atoms with Gasteiger partial charge in [0.05, 0.1) is 0 Å². The summed E-state index contributed by atoms with van der Waals surface area (Å²) < 4.78 is 0. The number of hydrogen-bond donors (Lipinski definition) is 0. The van der Waals surface area contributed by atoms with Gasteiger partial charge in [0.2, 0.25) is 0 Å². The van der Waals surface area contributed by atoms with Crippen molar-refractivity contribution in [2.45, 2.75) is 13.1 Å². The Morgan fingerprint density at radius 2 is 1.80 bits per heavy atom. The average Bonchev–Trinajstić information content (AvgIpc) is 1.69. The molecule has 1 aliphatic rings. The molecule has 0 atom stereocenters. The molecule has 4 heteroatoms. The van der Waals surface area contributed by atoms with Crippen molar-refractivity contribution in [1.82, 2.24) is 0 Å². The molecule has 1 rings (SSSR count). The maximum Gasteiger partial charge on any atom is 0.167 e. The number of halogens is 2. The Balaban J connectivity index is -0.000000163. The van der Waals surface area contributed by atoms with E-state index < -0.39 is 0 Å². The average molecular weight is 256 g/mol. The SMILES string of the molecule is CB1C=CC=CC1.Cl.Cl.[Zr]. The second kappa shape index (κ2) is 10.0. The summed E-state index contributed by atoms with van der Waals surface area (Å²) in [6.07, 6.45) is 7.62. The molecule has 1 heterocycles. The monoisotopic (exact) mass is 254 g/mol. The van der Waals surface area contributed by atoms with Crippen molar-refractivity contribution in [2.24, 2.45) is 0 Å². The molecule has 1 aliphatic heterocycles. The third kappa shape index (κ3) is 7.12. The van der Waals surface area contributed by atoms with Crippen LogP contribution in [0.1, 0.15) is 0 Å².